The number of hydrogen-bond donors (Lipinski definition) is 2. The normalized spacial score (nSPS) is 10.3. The molecular formula is C10H6ClNO3S. The van der Waals surface area contributed by atoms with E-state index in [1.165, 1.54) is 17.5 Å². The number of aromatic amines is 1. The zero-order valence-electron chi connectivity index (χ0n) is 7.86. The lowest BCUT2D eigenvalue weighted by molar-refractivity contribution is 0.0696. The molecule has 0 bridgehead atoms. The molecule has 2 aromatic rings. The van der Waals surface area contributed by atoms with Crippen LogP contribution in [-0.4, -0.2) is 16.1 Å². The molecule has 82 valence electrons. The summed E-state index contributed by atoms with van der Waals surface area (Å²) in [6.45, 7) is 0. The first-order valence-electron chi connectivity index (χ1n) is 4.30. The molecular weight excluding hydrogens is 250 g/mol. The smallest absolute Gasteiger partial charge is 0.342 e. The Morgan fingerprint density at radius 2 is 2.12 bits per heavy atom. The van der Waals surface area contributed by atoms with E-state index in [0.717, 1.165) is 0 Å². The highest BCUT2D eigenvalue weighted by Crippen LogP contribution is 2.31. The summed E-state index contributed by atoms with van der Waals surface area (Å²) in [5, 5.41) is 8.97. The standard InChI is InChI=1S/C10H6ClNO3S/c11-7-2-1-6(16-7)5-3-4-12-9(13)8(5)10(14)15/h1-4H,(H,12,13)(H,14,15). The minimum absolute atomic E-state index is 0.263. The Bertz CT molecular complexity index is 602. The molecule has 0 aliphatic carbocycles. The summed E-state index contributed by atoms with van der Waals surface area (Å²) in [5.41, 5.74) is -0.497. The largest absolute Gasteiger partial charge is 0.477 e. The highest BCUT2D eigenvalue weighted by molar-refractivity contribution is 7.19. The van der Waals surface area contributed by atoms with Crippen molar-refractivity contribution in [3.63, 3.8) is 0 Å². The molecule has 0 saturated heterocycles. The predicted molar refractivity (Wildman–Crippen MR) is 62.3 cm³/mol. The molecule has 0 fully saturated rings. The molecule has 0 radical (unpaired) electrons. The number of nitrogens with one attached hydrogen (secondary N) is 1. The summed E-state index contributed by atoms with van der Waals surface area (Å²) in [7, 11) is 0. The summed E-state index contributed by atoms with van der Waals surface area (Å²) >= 11 is 7.00. The van der Waals surface area contributed by atoms with Gasteiger partial charge in [0.15, 0.2) is 0 Å². The molecule has 0 saturated carbocycles. The molecule has 0 amide bonds. The van der Waals surface area contributed by atoms with Crippen LogP contribution in [0.5, 0.6) is 0 Å². The van der Waals surface area contributed by atoms with Gasteiger partial charge in [-0.3, -0.25) is 4.79 Å². The van der Waals surface area contributed by atoms with Crippen molar-refractivity contribution in [1.29, 1.82) is 0 Å². The van der Waals surface area contributed by atoms with E-state index < -0.39 is 11.5 Å². The molecule has 4 nitrogen and oxygen atoms in total. The lowest BCUT2D eigenvalue weighted by Gasteiger charge is -2.01. The van der Waals surface area contributed by atoms with E-state index in [4.69, 9.17) is 16.7 Å². The van der Waals surface area contributed by atoms with Gasteiger partial charge in [-0.2, -0.15) is 0 Å². The van der Waals surface area contributed by atoms with Crippen molar-refractivity contribution >= 4 is 28.9 Å². The fraction of sp³-hybridized carbons (Fsp3) is 0. The number of thiophene rings is 1. The third-order valence-corrected chi connectivity index (χ3v) is 3.28. The second-order valence-corrected chi connectivity index (χ2v) is 4.72. The van der Waals surface area contributed by atoms with Gasteiger partial charge >= 0.3 is 5.97 Å². The van der Waals surface area contributed by atoms with E-state index in [2.05, 4.69) is 4.98 Å². The van der Waals surface area contributed by atoms with Crippen molar-refractivity contribution in [2.45, 2.75) is 0 Å². The van der Waals surface area contributed by atoms with Crippen LogP contribution in [0.25, 0.3) is 10.4 Å². The van der Waals surface area contributed by atoms with E-state index >= 15 is 0 Å². The van der Waals surface area contributed by atoms with Gasteiger partial charge in [0.05, 0.1) is 4.34 Å². The number of carboxylic acid groups (broad SMARTS) is 1. The Balaban J connectivity index is 2.70. The summed E-state index contributed by atoms with van der Waals surface area (Å²) in [4.78, 5) is 25.4. The molecule has 2 rings (SSSR count). The lowest BCUT2D eigenvalue weighted by Crippen LogP contribution is -2.17. The number of carbonyl (C=O) groups is 1. The molecule has 2 aromatic heterocycles. The Hall–Kier alpha value is -1.59. The second-order valence-electron chi connectivity index (χ2n) is 3.00. The van der Waals surface area contributed by atoms with Gasteiger partial charge in [0.2, 0.25) is 0 Å². The number of halogens is 1. The fourth-order valence-corrected chi connectivity index (χ4v) is 2.43. The minimum Gasteiger partial charge on any atom is -0.477 e. The highest BCUT2D eigenvalue weighted by atomic mass is 35.5. The number of H-pyrrole nitrogens is 1. The quantitative estimate of drug-likeness (QED) is 0.866. The van der Waals surface area contributed by atoms with Gasteiger partial charge in [0.25, 0.3) is 5.56 Å². The van der Waals surface area contributed by atoms with Crippen LogP contribution in [-0.2, 0) is 0 Å². The number of pyridine rings is 1. The number of rotatable bonds is 2. The molecule has 2 heterocycles. The van der Waals surface area contributed by atoms with Crippen LogP contribution in [0.4, 0.5) is 0 Å². The highest BCUT2D eigenvalue weighted by Gasteiger charge is 2.16. The van der Waals surface area contributed by atoms with E-state index in [-0.39, 0.29) is 5.56 Å². The van der Waals surface area contributed by atoms with Crippen molar-refractivity contribution in [2.75, 3.05) is 0 Å². The van der Waals surface area contributed by atoms with Gasteiger partial charge in [-0.1, -0.05) is 11.6 Å². The number of aromatic carboxylic acids is 1. The lowest BCUT2D eigenvalue weighted by atomic mass is 10.1. The van der Waals surface area contributed by atoms with Crippen molar-refractivity contribution in [2.24, 2.45) is 0 Å². The van der Waals surface area contributed by atoms with Crippen LogP contribution in [0.2, 0.25) is 4.34 Å². The second kappa shape index (κ2) is 4.11. The van der Waals surface area contributed by atoms with Gasteiger partial charge in [0, 0.05) is 16.6 Å². The van der Waals surface area contributed by atoms with Gasteiger partial charge in [-0.05, 0) is 18.2 Å². The van der Waals surface area contributed by atoms with Gasteiger partial charge in [-0.25, -0.2) is 4.79 Å². The first-order valence-corrected chi connectivity index (χ1v) is 5.49. The van der Waals surface area contributed by atoms with Crippen molar-refractivity contribution < 1.29 is 9.90 Å². The van der Waals surface area contributed by atoms with Crippen molar-refractivity contribution in [3.05, 3.63) is 44.6 Å². The minimum atomic E-state index is -1.25. The third kappa shape index (κ3) is 1.87. The van der Waals surface area contributed by atoms with Crippen LogP contribution in [0.1, 0.15) is 10.4 Å². The van der Waals surface area contributed by atoms with Crippen LogP contribution >= 0.6 is 22.9 Å². The van der Waals surface area contributed by atoms with E-state index in [9.17, 15) is 9.59 Å². The molecule has 0 aliphatic rings. The van der Waals surface area contributed by atoms with Crippen LogP contribution in [0.15, 0.2) is 29.2 Å². The molecule has 0 aromatic carbocycles. The molecule has 0 unspecified atom stereocenters. The Kier molecular flexibility index (Phi) is 2.80. The fourth-order valence-electron chi connectivity index (χ4n) is 1.36. The monoisotopic (exact) mass is 255 g/mol. The first kappa shape index (κ1) is 10.9. The first-order chi connectivity index (χ1) is 7.59. The van der Waals surface area contributed by atoms with Crippen molar-refractivity contribution in [1.82, 2.24) is 4.98 Å². The number of hydrogen-bond acceptors (Lipinski definition) is 3. The molecule has 0 aliphatic heterocycles. The molecule has 16 heavy (non-hydrogen) atoms. The Morgan fingerprint density at radius 1 is 1.38 bits per heavy atom. The summed E-state index contributed by atoms with van der Waals surface area (Å²) in [6.07, 6.45) is 1.41. The van der Waals surface area contributed by atoms with Gasteiger partial charge in [0.1, 0.15) is 5.56 Å². The summed E-state index contributed by atoms with van der Waals surface area (Å²) < 4.78 is 0.548. The van der Waals surface area contributed by atoms with Crippen molar-refractivity contribution in [3.8, 4) is 10.4 Å². The van der Waals surface area contributed by atoms with E-state index in [1.807, 2.05) is 0 Å². The van der Waals surface area contributed by atoms with Gasteiger partial charge in [-0.15, -0.1) is 11.3 Å². The van der Waals surface area contributed by atoms with Crippen LogP contribution < -0.4 is 5.56 Å². The SMILES string of the molecule is O=C(O)c1c(-c2ccc(Cl)s2)cc[nH]c1=O. The maximum absolute atomic E-state index is 11.4. The van der Waals surface area contributed by atoms with E-state index in [1.54, 1.807) is 18.2 Å². The average Bonchev–Trinajstić information content (AvgIpc) is 2.63. The average molecular weight is 256 g/mol. The molecule has 0 atom stereocenters. The molecule has 2 N–H and O–H groups in total. The van der Waals surface area contributed by atoms with Gasteiger partial charge < -0.3 is 10.1 Å². The summed E-state index contributed by atoms with van der Waals surface area (Å²) in [6, 6.07) is 4.90. The van der Waals surface area contributed by atoms with E-state index in [0.29, 0.717) is 14.8 Å². The zero-order chi connectivity index (χ0) is 11.7. The van der Waals surface area contributed by atoms with Crippen LogP contribution in [0.3, 0.4) is 0 Å². The third-order valence-electron chi connectivity index (χ3n) is 2.01. The topological polar surface area (TPSA) is 70.2 Å². The number of aromatic nitrogens is 1. The Labute approximate surface area is 99.1 Å². The maximum atomic E-state index is 11.4. The Morgan fingerprint density at radius 3 is 2.69 bits per heavy atom. The molecule has 6 heteroatoms. The maximum Gasteiger partial charge on any atom is 0.342 e. The number of carboxylic acids is 1. The summed E-state index contributed by atoms with van der Waals surface area (Å²) in [5.74, 6) is -1.25. The van der Waals surface area contributed by atoms with Crippen LogP contribution in [0, 0.1) is 0 Å². The predicted octanol–water partition coefficient (Wildman–Crippen LogP) is 2.46. The molecule has 0 spiro atoms. The zero-order valence-corrected chi connectivity index (χ0v) is 9.43.